The molecule has 1 aromatic carbocycles. The average molecular weight is 350 g/mol. The highest BCUT2D eigenvalue weighted by Crippen LogP contribution is 2.36. The first-order valence-electron chi connectivity index (χ1n) is 6.04. The molecule has 0 bridgehead atoms. The van der Waals surface area contributed by atoms with Gasteiger partial charge in [-0.1, -0.05) is 18.2 Å². The first-order valence-corrected chi connectivity index (χ1v) is 10.2. The van der Waals surface area contributed by atoms with Crippen LogP contribution < -0.4 is 0 Å². The summed E-state index contributed by atoms with van der Waals surface area (Å²) in [5.74, 6) is 0.984. The first-order chi connectivity index (χ1) is 9.52. The molecule has 0 spiro atoms. The molecule has 0 N–H and O–H groups in total. The maximum atomic E-state index is 12.8. The van der Waals surface area contributed by atoms with Gasteiger partial charge in [-0.25, -0.2) is 12.7 Å². The molecule has 0 saturated heterocycles. The standard InChI is InChI=1S/C13H16ClNO2S3/c1-15(7-8-18-2)20(16,17)13-10-5-3-4-6-11(10)19-12(13)9-14/h3-6H,7-9H2,1-2H3. The maximum Gasteiger partial charge on any atom is 0.244 e. The van der Waals surface area contributed by atoms with Crippen molar-refractivity contribution in [2.75, 3.05) is 25.6 Å². The number of hydrogen-bond acceptors (Lipinski definition) is 4. The van der Waals surface area contributed by atoms with Gasteiger partial charge in [0.15, 0.2) is 0 Å². The number of fused-ring (bicyclic) bond motifs is 1. The van der Waals surface area contributed by atoms with Crippen molar-refractivity contribution in [3.8, 4) is 0 Å². The van der Waals surface area contributed by atoms with Crippen LogP contribution in [0.15, 0.2) is 29.2 Å². The summed E-state index contributed by atoms with van der Waals surface area (Å²) >= 11 is 9.02. The highest BCUT2D eigenvalue weighted by atomic mass is 35.5. The van der Waals surface area contributed by atoms with Gasteiger partial charge in [0.1, 0.15) is 4.90 Å². The van der Waals surface area contributed by atoms with E-state index in [4.69, 9.17) is 11.6 Å². The molecule has 0 saturated carbocycles. The van der Waals surface area contributed by atoms with Crippen LogP contribution in [0.2, 0.25) is 0 Å². The smallest absolute Gasteiger partial charge is 0.207 e. The van der Waals surface area contributed by atoms with E-state index in [1.807, 2.05) is 30.5 Å². The molecule has 1 heterocycles. The minimum atomic E-state index is -3.49. The summed E-state index contributed by atoms with van der Waals surface area (Å²) in [6, 6.07) is 7.53. The number of benzene rings is 1. The summed E-state index contributed by atoms with van der Waals surface area (Å²) in [5.41, 5.74) is 0. The summed E-state index contributed by atoms with van der Waals surface area (Å²) < 4.78 is 27.9. The Morgan fingerprint density at radius 1 is 1.35 bits per heavy atom. The molecule has 2 rings (SSSR count). The molecule has 20 heavy (non-hydrogen) atoms. The predicted molar refractivity (Wildman–Crippen MR) is 89.6 cm³/mol. The first kappa shape index (κ1) is 16.1. The van der Waals surface area contributed by atoms with Crippen LogP contribution >= 0.6 is 34.7 Å². The van der Waals surface area contributed by atoms with Crippen LogP contribution in [0.3, 0.4) is 0 Å². The van der Waals surface area contributed by atoms with Crippen molar-refractivity contribution in [3.63, 3.8) is 0 Å². The van der Waals surface area contributed by atoms with Gasteiger partial charge >= 0.3 is 0 Å². The molecule has 0 radical (unpaired) electrons. The molecular weight excluding hydrogens is 334 g/mol. The van der Waals surface area contributed by atoms with Crippen molar-refractivity contribution in [1.82, 2.24) is 4.31 Å². The van der Waals surface area contributed by atoms with Gasteiger partial charge in [0.25, 0.3) is 0 Å². The number of sulfonamides is 1. The van der Waals surface area contributed by atoms with Crippen LogP contribution in [0.1, 0.15) is 4.88 Å². The van der Waals surface area contributed by atoms with Crippen LogP contribution in [0.4, 0.5) is 0 Å². The van der Waals surface area contributed by atoms with Gasteiger partial charge in [0.2, 0.25) is 10.0 Å². The van der Waals surface area contributed by atoms with Crippen molar-refractivity contribution < 1.29 is 8.42 Å². The zero-order valence-corrected chi connectivity index (χ0v) is 14.5. The van der Waals surface area contributed by atoms with E-state index in [2.05, 4.69) is 0 Å². The molecular formula is C13H16ClNO2S3. The van der Waals surface area contributed by atoms with Gasteiger partial charge in [0.05, 0.1) is 5.88 Å². The van der Waals surface area contributed by atoms with E-state index in [9.17, 15) is 8.42 Å². The van der Waals surface area contributed by atoms with Gasteiger partial charge in [-0.2, -0.15) is 11.8 Å². The second-order valence-electron chi connectivity index (χ2n) is 4.30. The fourth-order valence-electron chi connectivity index (χ4n) is 1.94. The predicted octanol–water partition coefficient (Wildman–Crippen LogP) is 3.62. The second-order valence-corrected chi connectivity index (χ2v) is 8.67. The summed E-state index contributed by atoms with van der Waals surface area (Å²) in [6.45, 7) is 0.495. The van der Waals surface area contributed by atoms with Crippen molar-refractivity contribution in [2.24, 2.45) is 0 Å². The molecule has 0 unspecified atom stereocenters. The molecule has 0 aliphatic rings. The number of rotatable bonds is 6. The molecule has 0 aliphatic carbocycles. The van der Waals surface area contributed by atoms with Gasteiger partial charge in [-0.3, -0.25) is 0 Å². The zero-order valence-electron chi connectivity index (χ0n) is 11.3. The molecule has 7 heteroatoms. The summed E-state index contributed by atoms with van der Waals surface area (Å²) in [4.78, 5) is 1.08. The number of hydrogen-bond donors (Lipinski definition) is 0. The van der Waals surface area contributed by atoms with Crippen LogP contribution in [0.5, 0.6) is 0 Å². The Morgan fingerprint density at radius 3 is 2.70 bits per heavy atom. The molecule has 0 fully saturated rings. The molecule has 0 atom stereocenters. The van der Waals surface area contributed by atoms with Gasteiger partial charge in [-0.05, 0) is 12.3 Å². The van der Waals surface area contributed by atoms with Crippen LogP contribution in [0, 0.1) is 0 Å². The average Bonchev–Trinajstić information content (AvgIpc) is 2.83. The Morgan fingerprint density at radius 2 is 2.05 bits per heavy atom. The topological polar surface area (TPSA) is 37.4 Å². The monoisotopic (exact) mass is 349 g/mol. The second kappa shape index (κ2) is 6.66. The van der Waals surface area contributed by atoms with Crippen molar-refractivity contribution in [2.45, 2.75) is 10.8 Å². The lowest BCUT2D eigenvalue weighted by atomic mass is 10.2. The SMILES string of the molecule is CSCCN(C)S(=O)(=O)c1c(CCl)sc2ccccc12. The molecule has 0 amide bonds. The Hall–Kier alpha value is -0.270. The van der Waals surface area contributed by atoms with Gasteiger partial charge in [-0.15, -0.1) is 22.9 Å². The zero-order chi connectivity index (χ0) is 14.8. The molecule has 2 aromatic rings. The minimum Gasteiger partial charge on any atom is -0.207 e. The molecule has 0 aliphatic heterocycles. The van der Waals surface area contributed by atoms with Gasteiger partial charge in [0, 0.05) is 34.3 Å². The fraction of sp³-hybridized carbons (Fsp3) is 0.385. The van der Waals surface area contributed by atoms with Gasteiger partial charge < -0.3 is 0 Å². The number of thiophene rings is 1. The van der Waals surface area contributed by atoms with E-state index in [1.54, 1.807) is 18.8 Å². The minimum absolute atomic E-state index is 0.213. The summed E-state index contributed by atoms with van der Waals surface area (Å²) in [7, 11) is -1.87. The molecule has 110 valence electrons. The number of thioether (sulfide) groups is 1. The summed E-state index contributed by atoms with van der Waals surface area (Å²) in [6.07, 6.45) is 1.96. The van der Waals surface area contributed by atoms with E-state index in [-0.39, 0.29) is 5.88 Å². The van der Waals surface area contributed by atoms with Crippen molar-refractivity contribution in [3.05, 3.63) is 29.1 Å². The molecule has 1 aromatic heterocycles. The maximum absolute atomic E-state index is 12.8. The normalized spacial score (nSPS) is 12.4. The van der Waals surface area contributed by atoms with E-state index in [0.717, 1.165) is 15.8 Å². The van der Waals surface area contributed by atoms with Crippen molar-refractivity contribution in [1.29, 1.82) is 0 Å². The largest absolute Gasteiger partial charge is 0.244 e. The quantitative estimate of drug-likeness (QED) is 0.747. The van der Waals surface area contributed by atoms with Crippen LogP contribution in [-0.2, 0) is 15.9 Å². The fourth-order valence-corrected chi connectivity index (χ4v) is 5.80. The number of alkyl halides is 1. The highest BCUT2D eigenvalue weighted by Gasteiger charge is 2.27. The van der Waals surface area contributed by atoms with E-state index in [1.165, 1.54) is 15.6 Å². The Kier molecular flexibility index (Phi) is 5.36. The third-order valence-electron chi connectivity index (χ3n) is 3.02. The lowest BCUT2D eigenvalue weighted by molar-refractivity contribution is 0.489. The lowest BCUT2D eigenvalue weighted by Crippen LogP contribution is -2.29. The third kappa shape index (κ3) is 2.99. The van der Waals surface area contributed by atoms with E-state index >= 15 is 0 Å². The summed E-state index contributed by atoms with van der Waals surface area (Å²) in [5, 5.41) is 0.768. The van der Waals surface area contributed by atoms with Crippen molar-refractivity contribution >= 4 is 54.8 Å². The van der Waals surface area contributed by atoms with Crippen LogP contribution in [0.25, 0.3) is 10.1 Å². The van der Waals surface area contributed by atoms with E-state index in [0.29, 0.717) is 16.3 Å². The molecule has 3 nitrogen and oxygen atoms in total. The Labute approximate surface area is 133 Å². The highest BCUT2D eigenvalue weighted by molar-refractivity contribution is 7.98. The van der Waals surface area contributed by atoms with Crippen LogP contribution in [-0.4, -0.2) is 38.3 Å². The van der Waals surface area contributed by atoms with E-state index < -0.39 is 10.0 Å². The number of nitrogens with zero attached hydrogens (tertiary/aromatic N) is 1. The Bertz CT molecular complexity index is 697. The third-order valence-corrected chi connectivity index (χ3v) is 7.32. The Balaban J connectivity index is 2.55. The number of halogens is 1. The lowest BCUT2D eigenvalue weighted by Gasteiger charge is -2.17.